The standard InChI is InChI=1S/C11H10ClF3N2O/c12-8-2-1-7(11(13,14)15)5-9(8)17-4-3-16-6-10(17)18/h1-2,5,16H,3-4,6H2. The number of halogens is 4. The second kappa shape index (κ2) is 4.78. The van der Waals surface area contributed by atoms with Crippen LogP contribution in [-0.4, -0.2) is 25.5 Å². The first-order chi connectivity index (χ1) is 8.39. The molecule has 98 valence electrons. The molecule has 0 saturated carbocycles. The van der Waals surface area contributed by atoms with Crippen molar-refractivity contribution in [1.82, 2.24) is 5.32 Å². The highest BCUT2D eigenvalue weighted by Gasteiger charge is 2.32. The van der Waals surface area contributed by atoms with E-state index < -0.39 is 11.7 Å². The van der Waals surface area contributed by atoms with Gasteiger partial charge in [0.15, 0.2) is 0 Å². The third kappa shape index (κ3) is 2.59. The van der Waals surface area contributed by atoms with Gasteiger partial charge in [-0.15, -0.1) is 0 Å². The Morgan fingerprint density at radius 3 is 2.67 bits per heavy atom. The summed E-state index contributed by atoms with van der Waals surface area (Å²) in [6.07, 6.45) is -4.45. The molecule has 1 fully saturated rings. The molecule has 0 spiro atoms. The van der Waals surface area contributed by atoms with Gasteiger partial charge in [-0.1, -0.05) is 11.6 Å². The monoisotopic (exact) mass is 278 g/mol. The Morgan fingerprint density at radius 2 is 2.06 bits per heavy atom. The fourth-order valence-corrected chi connectivity index (χ4v) is 1.98. The fraction of sp³-hybridized carbons (Fsp3) is 0.364. The zero-order valence-electron chi connectivity index (χ0n) is 9.22. The van der Waals surface area contributed by atoms with E-state index in [0.29, 0.717) is 13.1 Å². The number of benzene rings is 1. The van der Waals surface area contributed by atoms with Crippen LogP contribution in [-0.2, 0) is 11.0 Å². The minimum Gasteiger partial charge on any atom is -0.309 e. The van der Waals surface area contributed by atoms with Crippen LogP contribution in [0.3, 0.4) is 0 Å². The van der Waals surface area contributed by atoms with E-state index in [0.717, 1.165) is 18.2 Å². The van der Waals surface area contributed by atoms with Crippen molar-refractivity contribution >= 4 is 23.2 Å². The Hall–Kier alpha value is -1.27. The van der Waals surface area contributed by atoms with E-state index in [1.54, 1.807) is 0 Å². The van der Waals surface area contributed by atoms with E-state index >= 15 is 0 Å². The molecule has 0 aromatic heterocycles. The molecule has 1 heterocycles. The number of hydrogen-bond acceptors (Lipinski definition) is 2. The maximum Gasteiger partial charge on any atom is 0.416 e. The quantitative estimate of drug-likeness (QED) is 0.855. The summed E-state index contributed by atoms with van der Waals surface area (Å²) >= 11 is 5.86. The van der Waals surface area contributed by atoms with Crippen LogP contribution in [0.15, 0.2) is 18.2 Å². The van der Waals surface area contributed by atoms with Crippen LogP contribution in [0.5, 0.6) is 0 Å². The minimum absolute atomic E-state index is 0.104. The number of carbonyl (C=O) groups is 1. The van der Waals surface area contributed by atoms with Gasteiger partial charge >= 0.3 is 6.18 Å². The van der Waals surface area contributed by atoms with Gasteiger partial charge in [0.25, 0.3) is 0 Å². The van der Waals surface area contributed by atoms with Crippen LogP contribution in [0.1, 0.15) is 5.56 Å². The molecular formula is C11H10ClF3N2O. The average Bonchev–Trinajstić information content (AvgIpc) is 2.29. The van der Waals surface area contributed by atoms with Gasteiger partial charge < -0.3 is 10.2 Å². The maximum absolute atomic E-state index is 12.6. The van der Waals surface area contributed by atoms with Crippen molar-refractivity contribution in [3.05, 3.63) is 28.8 Å². The number of alkyl halides is 3. The van der Waals surface area contributed by atoms with Gasteiger partial charge in [0, 0.05) is 13.1 Å². The second-order valence-electron chi connectivity index (χ2n) is 3.89. The molecule has 1 N–H and O–H groups in total. The Kier molecular flexibility index (Phi) is 3.49. The molecule has 0 radical (unpaired) electrons. The highest BCUT2D eigenvalue weighted by atomic mass is 35.5. The molecule has 0 aliphatic carbocycles. The SMILES string of the molecule is O=C1CNCCN1c1cc(C(F)(F)F)ccc1Cl. The van der Waals surface area contributed by atoms with Gasteiger partial charge in [-0.05, 0) is 18.2 Å². The molecule has 0 atom stereocenters. The fourth-order valence-electron chi connectivity index (χ4n) is 1.76. The molecule has 3 nitrogen and oxygen atoms in total. The number of piperazine rings is 1. The number of carbonyl (C=O) groups excluding carboxylic acids is 1. The van der Waals surface area contributed by atoms with Crippen LogP contribution >= 0.6 is 11.6 Å². The summed E-state index contributed by atoms with van der Waals surface area (Å²) in [4.78, 5) is 12.9. The lowest BCUT2D eigenvalue weighted by Gasteiger charge is -2.28. The highest BCUT2D eigenvalue weighted by Crippen LogP contribution is 2.35. The molecule has 1 aromatic rings. The van der Waals surface area contributed by atoms with Crippen molar-refractivity contribution in [1.29, 1.82) is 0 Å². The van der Waals surface area contributed by atoms with Crippen LogP contribution < -0.4 is 10.2 Å². The zero-order chi connectivity index (χ0) is 13.3. The number of nitrogens with one attached hydrogen (secondary N) is 1. The number of rotatable bonds is 1. The van der Waals surface area contributed by atoms with Gasteiger partial charge in [0.2, 0.25) is 5.91 Å². The molecule has 18 heavy (non-hydrogen) atoms. The number of hydrogen-bond donors (Lipinski definition) is 1. The van der Waals surface area contributed by atoms with E-state index in [-0.39, 0.29) is 23.2 Å². The molecule has 1 aromatic carbocycles. The third-order valence-electron chi connectivity index (χ3n) is 2.65. The van der Waals surface area contributed by atoms with Gasteiger partial charge in [-0.3, -0.25) is 4.79 Å². The van der Waals surface area contributed by atoms with Crippen molar-refractivity contribution < 1.29 is 18.0 Å². The van der Waals surface area contributed by atoms with Gasteiger partial charge in [-0.2, -0.15) is 13.2 Å². The lowest BCUT2D eigenvalue weighted by atomic mass is 10.1. The van der Waals surface area contributed by atoms with Crippen molar-refractivity contribution in [3.8, 4) is 0 Å². The molecule has 1 saturated heterocycles. The van der Waals surface area contributed by atoms with E-state index in [9.17, 15) is 18.0 Å². The predicted molar refractivity (Wildman–Crippen MR) is 61.7 cm³/mol. The largest absolute Gasteiger partial charge is 0.416 e. The van der Waals surface area contributed by atoms with E-state index in [4.69, 9.17) is 11.6 Å². The van der Waals surface area contributed by atoms with E-state index in [2.05, 4.69) is 5.32 Å². The van der Waals surface area contributed by atoms with Crippen LogP contribution in [0.25, 0.3) is 0 Å². The highest BCUT2D eigenvalue weighted by molar-refractivity contribution is 6.33. The Labute approximate surface area is 107 Å². The minimum atomic E-state index is -4.45. The Bertz CT molecular complexity index is 476. The summed E-state index contributed by atoms with van der Waals surface area (Å²) in [5, 5.41) is 2.98. The molecule has 0 unspecified atom stereocenters. The molecule has 0 bridgehead atoms. The summed E-state index contributed by atoms with van der Waals surface area (Å²) in [7, 11) is 0. The third-order valence-corrected chi connectivity index (χ3v) is 2.97. The van der Waals surface area contributed by atoms with E-state index in [1.165, 1.54) is 4.90 Å². The Morgan fingerprint density at radius 1 is 1.33 bits per heavy atom. The van der Waals surface area contributed by atoms with Crippen LogP contribution in [0.4, 0.5) is 18.9 Å². The van der Waals surface area contributed by atoms with Crippen LogP contribution in [0, 0.1) is 0 Å². The number of nitrogens with zero attached hydrogens (tertiary/aromatic N) is 1. The number of amides is 1. The van der Waals surface area contributed by atoms with E-state index in [1.807, 2.05) is 0 Å². The van der Waals surface area contributed by atoms with Crippen molar-refractivity contribution in [2.75, 3.05) is 24.5 Å². The molecule has 1 aliphatic heterocycles. The lowest BCUT2D eigenvalue weighted by Crippen LogP contribution is -2.48. The summed E-state index contributed by atoms with van der Waals surface area (Å²) in [6.45, 7) is 0.935. The summed E-state index contributed by atoms with van der Waals surface area (Å²) in [5.74, 6) is -0.289. The summed E-state index contributed by atoms with van der Waals surface area (Å²) in [5.41, 5.74) is -0.703. The molecule has 2 rings (SSSR count). The van der Waals surface area contributed by atoms with Gasteiger partial charge in [0.1, 0.15) is 0 Å². The predicted octanol–water partition coefficient (Wildman–Crippen LogP) is 2.30. The van der Waals surface area contributed by atoms with Gasteiger partial charge in [0.05, 0.1) is 22.8 Å². The first kappa shape index (κ1) is 13.2. The summed E-state index contributed by atoms with van der Waals surface area (Å²) < 4.78 is 37.8. The first-order valence-corrected chi connectivity index (χ1v) is 5.65. The normalized spacial score (nSPS) is 17.1. The topological polar surface area (TPSA) is 32.3 Å². The average molecular weight is 279 g/mol. The smallest absolute Gasteiger partial charge is 0.309 e. The zero-order valence-corrected chi connectivity index (χ0v) is 9.98. The maximum atomic E-state index is 12.6. The Balaban J connectivity index is 2.40. The summed E-state index contributed by atoms with van der Waals surface area (Å²) in [6, 6.07) is 2.97. The first-order valence-electron chi connectivity index (χ1n) is 5.27. The van der Waals surface area contributed by atoms with Crippen molar-refractivity contribution in [2.24, 2.45) is 0 Å². The molecule has 7 heteroatoms. The molecule has 1 aliphatic rings. The van der Waals surface area contributed by atoms with Gasteiger partial charge in [-0.25, -0.2) is 0 Å². The van der Waals surface area contributed by atoms with Crippen molar-refractivity contribution in [3.63, 3.8) is 0 Å². The molecule has 1 amide bonds. The molecular weight excluding hydrogens is 269 g/mol. The van der Waals surface area contributed by atoms with Crippen LogP contribution in [0.2, 0.25) is 5.02 Å². The lowest BCUT2D eigenvalue weighted by molar-refractivity contribution is -0.137. The van der Waals surface area contributed by atoms with Crippen molar-refractivity contribution in [2.45, 2.75) is 6.18 Å². The number of anilines is 1. The second-order valence-corrected chi connectivity index (χ2v) is 4.29.